The van der Waals surface area contributed by atoms with E-state index in [2.05, 4.69) is 9.97 Å². The molecule has 2 aromatic rings. The number of nitrogens with zero attached hydrogens (tertiary/aromatic N) is 1. The Hall–Kier alpha value is -1.81. The van der Waals surface area contributed by atoms with Gasteiger partial charge in [-0.15, -0.1) is 0 Å². The summed E-state index contributed by atoms with van der Waals surface area (Å²) in [7, 11) is 0. The number of hydrogen-bond donors (Lipinski definition) is 2. The van der Waals surface area contributed by atoms with Crippen LogP contribution in [0.15, 0.2) is 36.5 Å². The summed E-state index contributed by atoms with van der Waals surface area (Å²) in [5, 5.41) is 0. The van der Waals surface area contributed by atoms with Crippen LogP contribution >= 0.6 is 0 Å². The first kappa shape index (κ1) is 10.7. The van der Waals surface area contributed by atoms with Crippen LogP contribution in [0.2, 0.25) is 0 Å². The molecular formula is C12H15N3O. The molecule has 0 aliphatic heterocycles. The highest BCUT2D eigenvalue weighted by Crippen LogP contribution is 2.19. The Morgan fingerprint density at radius 2 is 2.12 bits per heavy atom. The molecule has 16 heavy (non-hydrogen) atoms. The zero-order chi connectivity index (χ0) is 11.4. The molecule has 0 aliphatic carbocycles. The lowest BCUT2D eigenvalue weighted by molar-refractivity contribution is 0.445. The van der Waals surface area contributed by atoms with Gasteiger partial charge in [0.1, 0.15) is 5.75 Å². The first-order valence-electron chi connectivity index (χ1n) is 5.33. The molecule has 3 N–H and O–H groups in total. The predicted molar refractivity (Wildman–Crippen MR) is 62.3 cm³/mol. The van der Waals surface area contributed by atoms with E-state index in [0.717, 1.165) is 17.9 Å². The third-order valence-electron chi connectivity index (χ3n) is 2.37. The molecule has 2 rings (SSSR count). The van der Waals surface area contributed by atoms with E-state index in [0.29, 0.717) is 6.01 Å². The van der Waals surface area contributed by atoms with Gasteiger partial charge in [-0.3, -0.25) is 0 Å². The van der Waals surface area contributed by atoms with E-state index in [1.54, 1.807) is 6.20 Å². The minimum Gasteiger partial charge on any atom is -0.426 e. The first-order chi connectivity index (χ1) is 7.79. The third-order valence-corrected chi connectivity index (χ3v) is 2.37. The minimum atomic E-state index is -0.0133. The maximum Gasteiger partial charge on any atom is 0.299 e. The second-order valence-corrected chi connectivity index (χ2v) is 3.57. The van der Waals surface area contributed by atoms with E-state index in [-0.39, 0.29) is 6.04 Å². The van der Waals surface area contributed by atoms with Crippen LogP contribution < -0.4 is 10.5 Å². The Bertz CT molecular complexity index is 439. The molecular weight excluding hydrogens is 202 g/mol. The number of para-hydroxylation sites is 1. The molecule has 0 amide bonds. The smallest absolute Gasteiger partial charge is 0.299 e. The Morgan fingerprint density at radius 1 is 1.38 bits per heavy atom. The quantitative estimate of drug-likeness (QED) is 0.827. The van der Waals surface area contributed by atoms with Gasteiger partial charge < -0.3 is 15.5 Å². The lowest BCUT2D eigenvalue weighted by Gasteiger charge is -2.04. The highest BCUT2D eigenvalue weighted by molar-refractivity contribution is 5.24. The van der Waals surface area contributed by atoms with Gasteiger partial charge in [-0.1, -0.05) is 25.1 Å². The number of benzene rings is 1. The van der Waals surface area contributed by atoms with Crippen molar-refractivity contribution in [1.29, 1.82) is 0 Å². The fourth-order valence-corrected chi connectivity index (χ4v) is 1.38. The van der Waals surface area contributed by atoms with E-state index >= 15 is 0 Å². The molecule has 0 saturated heterocycles. The summed E-state index contributed by atoms with van der Waals surface area (Å²) in [5.74, 6) is 0.758. The van der Waals surface area contributed by atoms with Crippen LogP contribution in [0.1, 0.15) is 25.1 Å². The summed E-state index contributed by atoms with van der Waals surface area (Å²) in [6.45, 7) is 2.03. The Morgan fingerprint density at radius 3 is 2.81 bits per heavy atom. The average molecular weight is 217 g/mol. The molecule has 4 nitrogen and oxygen atoms in total. The number of nitrogens with two attached hydrogens (primary N) is 1. The second-order valence-electron chi connectivity index (χ2n) is 3.57. The number of imidazole rings is 1. The normalized spacial score (nSPS) is 12.4. The summed E-state index contributed by atoms with van der Waals surface area (Å²) in [6, 6.07) is 9.98. The standard InChI is InChI=1S/C12H15N3O/c1-2-10(13)11-8-14-12(15-11)16-9-6-4-3-5-7-9/h3-8,10H,2,13H2,1H3,(H,14,15). The van der Waals surface area contributed by atoms with Crippen molar-refractivity contribution in [2.45, 2.75) is 19.4 Å². The Balaban J connectivity index is 2.09. The molecule has 1 atom stereocenters. The zero-order valence-corrected chi connectivity index (χ0v) is 9.18. The van der Waals surface area contributed by atoms with Crippen LogP contribution in [0.5, 0.6) is 11.8 Å². The molecule has 0 bridgehead atoms. The van der Waals surface area contributed by atoms with Gasteiger partial charge in [0.15, 0.2) is 0 Å². The molecule has 1 heterocycles. The van der Waals surface area contributed by atoms with Crippen molar-refractivity contribution in [2.24, 2.45) is 5.73 Å². The van der Waals surface area contributed by atoms with Crippen molar-refractivity contribution in [2.75, 3.05) is 0 Å². The summed E-state index contributed by atoms with van der Waals surface area (Å²) in [6.07, 6.45) is 2.58. The predicted octanol–water partition coefficient (Wildman–Crippen LogP) is 2.61. The van der Waals surface area contributed by atoms with Crippen LogP contribution in [0.25, 0.3) is 0 Å². The maximum atomic E-state index is 5.87. The molecule has 0 saturated carbocycles. The number of ether oxygens (including phenoxy) is 1. The molecule has 1 aromatic carbocycles. The van der Waals surface area contributed by atoms with Gasteiger partial charge in [-0.2, -0.15) is 0 Å². The molecule has 0 spiro atoms. The van der Waals surface area contributed by atoms with E-state index < -0.39 is 0 Å². The number of nitrogens with one attached hydrogen (secondary N) is 1. The van der Waals surface area contributed by atoms with Crippen molar-refractivity contribution in [3.05, 3.63) is 42.2 Å². The van der Waals surface area contributed by atoms with Crippen molar-refractivity contribution in [3.8, 4) is 11.8 Å². The largest absolute Gasteiger partial charge is 0.426 e. The van der Waals surface area contributed by atoms with E-state index in [9.17, 15) is 0 Å². The van der Waals surface area contributed by atoms with E-state index in [1.807, 2.05) is 37.3 Å². The highest BCUT2D eigenvalue weighted by atomic mass is 16.5. The van der Waals surface area contributed by atoms with Crippen LogP contribution in [0, 0.1) is 0 Å². The van der Waals surface area contributed by atoms with E-state index in [1.165, 1.54) is 0 Å². The molecule has 0 fully saturated rings. The molecule has 0 radical (unpaired) electrons. The number of hydrogen-bond acceptors (Lipinski definition) is 3. The van der Waals surface area contributed by atoms with Crippen LogP contribution in [0.3, 0.4) is 0 Å². The van der Waals surface area contributed by atoms with Gasteiger partial charge in [-0.25, -0.2) is 4.98 Å². The summed E-state index contributed by atoms with van der Waals surface area (Å²) < 4.78 is 5.53. The van der Waals surface area contributed by atoms with Gasteiger partial charge in [0.05, 0.1) is 11.9 Å². The van der Waals surface area contributed by atoms with Crippen LogP contribution in [0.4, 0.5) is 0 Å². The fourth-order valence-electron chi connectivity index (χ4n) is 1.38. The van der Waals surface area contributed by atoms with Crippen molar-refractivity contribution in [3.63, 3.8) is 0 Å². The van der Waals surface area contributed by atoms with Gasteiger partial charge in [-0.05, 0) is 18.6 Å². The number of aromatic amines is 1. The highest BCUT2D eigenvalue weighted by Gasteiger charge is 2.08. The lowest BCUT2D eigenvalue weighted by atomic mass is 10.2. The summed E-state index contributed by atoms with van der Waals surface area (Å²) >= 11 is 0. The zero-order valence-electron chi connectivity index (χ0n) is 9.18. The van der Waals surface area contributed by atoms with Crippen molar-refractivity contribution >= 4 is 0 Å². The third kappa shape index (κ3) is 2.41. The summed E-state index contributed by atoms with van der Waals surface area (Å²) in [4.78, 5) is 7.18. The average Bonchev–Trinajstić information content (AvgIpc) is 2.78. The van der Waals surface area contributed by atoms with Crippen LogP contribution in [-0.4, -0.2) is 9.97 Å². The molecule has 1 aromatic heterocycles. The molecule has 4 heteroatoms. The molecule has 0 aliphatic rings. The van der Waals surface area contributed by atoms with Gasteiger partial charge in [0.2, 0.25) is 0 Å². The number of rotatable bonds is 4. The lowest BCUT2D eigenvalue weighted by Crippen LogP contribution is -2.08. The topological polar surface area (TPSA) is 63.9 Å². The number of aromatic nitrogens is 2. The van der Waals surface area contributed by atoms with Gasteiger partial charge in [0.25, 0.3) is 6.01 Å². The van der Waals surface area contributed by atoms with Crippen molar-refractivity contribution in [1.82, 2.24) is 9.97 Å². The van der Waals surface area contributed by atoms with Crippen molar-refractivity contribution < 1.29 is 4.74 Å². The number of H-pyrrole nitrogens is 1. The minimum absolute atomic E-state index is 0.0133. The maximum absolute atomic E-state index is 5.87. The van der Waals surface area contributed by atoms with E-state index in [4.69, 9.17) is 10.5 Å². The first-order valence-corrected chi connectivity index (χ1v) is 5.33. The Kier molecular flexibility index (Phi) is 3.22. The van der Waals surface area contributed by atoms with Gasteiger partial charge >= 0.3 is 0 Å². The monoisotopic (exact) mass is 217 g/mol. The van der Waals surface area contributed by atoms with Gasteiger partial charge in [0, 0.05) is 6.04 Å². The molecule has 1 unspecified atom stereocenters. The second kappa shape index (κ2) is 4.81. The summed E-state index contributed by atoms with van der Waals surface area (Å²) in [5.41, 5.74) is 6.77. The Labute approximate surface area is 94.5 Å². The SMILES string of the molecule is CCC(N)c1cnc(Oc2ccccc2)[nH]1. The van der Waals surface area contributed by atoms with Crippen LogP contribution in [-0.2, 0) is 0 Å². The molecule has 84 valence electrons. The fraction of sp³-hybridized carbons (Fsp3) is 0.250.